The van der Waals surface area contributed by atoms with Crippen LogP contribution >= 0.6 is 0 Å². The van der Waals surface area contributed by atoms with Gasteiger partial charge in [0.1, 0.15) is 18.5 Å². The minimum Gasteiger partial charge on any atom is -0.668 e. The number of hydrogen-bond acceptors (Lipinski definition) is 5. The maximum absolute atomic E-state index is 9.34. The largest absolute Gasteiger partial charge is 0.668 e. The fraction of sp³-hybridized carbons (Fsp3) is 1.00. The van der Waals surface area contributed by atoms with Crippen LogP contribution < -0.4 is 0 Å². The molecule has 81 valence electrons. The number of aliphatic hydroxyl groups is 3. The molecule has 0 aromatic carbocycles. The summed E-state index contributed by atoms with van der Waals surface area (Å²) in [5.74, 6) is 0. The van der Waals surface area contributed by atoms with Crippen molar-refractivity contribution in [1.82, 2.24) is 0 Å². The Bertz CT molecular complexity index is 152. The van der Waals surface area contributed by atoms with Gasteiger partial charge in [-0.2, -0.15) is 0 Å². The number of ether oxygens (including phenoxy) is 2. The Labute approximate surface area is 118 Å². The van der Waals surface area contributed by atoms with Gasteiger partial charge in [-0.3, -0.25) is 0 Å². The summed E-state index contributed by atoms with van der Waals surface area (Å²) in [4.78, 5) is 0. The molecular formula is C7H14AcNO5-. The second-order valence-corrected chi connectivity index (χ2v) is 2.97. The predicted molar refractivity (Wildman–Crippen MR) is 42.9 cm³/mol. The van der Waals surface area contributed by atoms with Crippen molar-refractivity contribution in [2.75, 3.05) is 13.7 Å². The van der Waals surface area contributed by atoms with Crippen molar-refractivity contribution in [3.05, 3.63) is 5.73 Å². The van der Waals surface area contributed by atoms with E-state index in [-0.39, 0.29) is 44.1 Å². The van der Waals surface area contributed by atoms with E-state index in [9.17, 15) is 10.2 Å². The van der Waals surface area contributed by atoms with Crippen molar-refractivity contribution in [3.63, 3.8) is 0 Å². The quantitative estimate of drug-likeness (QED) is 0.506. The molecule has 0 amide bonds. The third-order valence-corrected chi connectivity index (χ3v) is 2.11. The van der Waals surface area contributed by atoms with Crippen LogP contribution in [0.15, 0.2) is 0 Å². The first-order valence-electron chi connectivity index (χ1n) is 3.98. The zero-order valence-corrected chi connectivity index (χ0v) is 12.6. The summed E-state index contributed by atoms with van der Waals surface area (Å²) in [6, 6.07) is -1.05. The van der Waals surface area contributed by atoms with Crippen LogP contribution in [-0.2, 0) is 9.47 Å². The smallest absolute Gasteiger partial charge is 0.144 e. The molecule has 4 N–H and O–H groups in total. The van der Waals surface area contributed by atoms with Crippen molar-refractivity contribution in [1.29, 1.82) is 0 Å². The molecule has 1 radical (unpaired) electrons. The molecule has 0 aliphatic carbocycles. The summed E-state index contributed by atoms with van der Waals surface area (Å²) in [7, 11) is 1.34. The molecule has 1 aliphatic rings. The van der Waals surface area contributed by atoms with E-state index in [4.69, 9.17) is 20.3 Å². The molecule has 0 spiro atoms. The van der Waals surface area contributed by atoms with Crippen LogP contribution in [0.3, 0.4) is 0 Å². The van der Waals surface area contributed by atoms with E-state index in [0.717, 1.165) is 0 Å². The second kappa shape index (κ2) is 6.71. The van der Waals surface area contributed by atoms with Gasteiger partial charge < -0.3 is 30.5 Å². The molecule has 0 aromatic rings. The van der Waals surface area contributed by atoms with Gasteiger partial charge in [-0.05, 0) is 0 Å². The van der Waals surface area contributed by atoms with Gasteiger partial charge in [-0.25, -0.2) is 0 Å². The predicted octanol–water partition coefficient (Wildman–Crippen LogP) is -1.51. The van der Waals surface area contributed by atoms with Crippen LogP contribution in [0.1, 0.15) is 0 Å². The molecule has 0 aromatic heterocycles. The van der Waals surface area contributed by atoms with Gasteiger partial charge >= 0.3 is 0 Å². The van der Waals surface area contributed by atoms with E-state index >= 15 is 0 Å². The standard InChI is InChI=1S/C7H14NO5.Ac/c1-12-7-4(8)6(11)5(10)3(2-9)13-7;/h3-11H,2H2,1H3;/q-1;/t3?,4?,5-,6?,7+;/m0./s1. The van der Waals surface area contributed by atoms with Crippen molar-refractivity contribution >= 4 is 0 Å². The van der Waals surface area contributed by atoms with E-state index in [1.165, 1.54) is 7.11 Å². The molecule has 5 atom stereocenters. The first-order chi connectivity index (χ1) is 6.11. The Morgan fingerprint density at radius 3 is 2.36 bits per heavy atom. The summed E-state index contributed by atoms with van der Waals surface area (Å²) in [6.07, 6.45) is -4.29. The molecule has 1 saturated heterocycles. The van der Waals surface area contributed by atoms with Gasteiger partial charge in [-0.15, -0.1) is 0 Å². The minimum atomic E-state index is -1.25. The van der Waals surface area contributed by atoms with Gasteiger partial charge in [0.15, 0.2) is 0 Å². The zero-order chi connectivity index (χ0) is 10.0. The van der Waals surface area contributed by atoms with Crippen molar-refractivity contribution in [2.45, 2.75) is 30.6 Å². The Kier molecular flexibility index (Phi) is 7.29. The van der Waals surface area contributed by atoms with E-state index < -0.39 is 37.3 Å². The SMILES string of the molecule is CO[C@@H]1OC(CO)[C@H](O)C(O)C1[NH-].[Ac]. The molecule has 1 fully saturated rings. The van der Waals surface area contributed by atoms with Gasteiger partial charge in [0, 0.05) is 51.2 Å². The molecule has 0 saturated carbocycles. The Morgan fingerprint density at radius 2 is 1.93 bits per heavy atom. The molecule has 0 bridgehead atoms. The number of methoxy groups -OCH3 is 1. The third kappa shape index (κ3) is 3.09. The summed E-state index contributed by atoms with van der Waals surface area (Å²) < 4.78 is 9.77. The van der Waals surface area contributed by atoms with Gasteiger partial charge in [-0.1, -0.05) is 6.04 Å². The maximum Gasteiger partial charge on any atom is 0.144 e. The summed E-state index contributed by atoms with van der Waals surface area (Å²) in [5.41, 5.74) is 7.39. The fourth-order valence-electron chi connectivity index (χ4n) is 1.28. The normalized spacial score (nSPS) is 43.1. The van der Waals surface area contributed by atoms with E-state index in [2.05, 4.69) is 0 Å². The van der Waals surface area contributed by atoms with E-state index in [1.807, 2.05) is 0 Å². The van der Waals surface area contributed by atoms with Gasteiger partial charge in [0.05, 0.1) is 12.7 Å². The maximum atomic E-state index is 9.34. The van der Waals surface area contributed by atoms with E-state index in [0.29, 0.717) is 0 Å². The molecule has 7 heteroatoms. The van der Waals surface area contributed by atoms with E-state index in [1.54, 1.807) is 0 Å². The Balaban J connectivity index is 0.00000169. The fourth-order valence-corrected chi connectivity index (χ4v) is 1.28. The van der Waals surface area contributed by atoms with Crippen LogP contribution in [0.4, 0.5) is 0 Å². The van der Waals surface area contributed by atoms with Crippen molar-refractivity contribution in [2.24, 2.45) is 0 Å². The topological polar surface area (TPSA) is 103 Å². The molecule has 14 heavy (non-hydrogen) atoms. The number of nitrogens with one attached hydrogen (secondary N) is 1. The van der Waals surface area contributed by atoms with Gasteiger partial charge in [0.2, 0.25) is 0 Å². The molecule has 1 aliphatic heterocycles. The molecule has 6 nitrogen and oxygen atoms in total. The average Bonchev–Trinajstić information content (AvgIpc) is 2.15. The van der Waals surface area contributed by atoms with Gasteiger partial charge in [0.25, 0.3) is 0 Å². The minimum absolute atomic E-state index is 0. The number of hydrogen-bond donors (Lipinski definition) is 3. The summed E-state index contributed by atoms with van der Waals surface area (Å²) >= 11 is 0. The van der Waals surface area contributed by atoms with Crippen LogP contribution in [0, 0.1) is 44.1 Å². The summed E-state index contributed by atoms with van der Waals surface area (Å²) in [6.45, 7) is -0.412. The first kappa shape index (κ1) is 15.2. The molecule has 1 heterocycles. The molecule has 3 unspecified atom stereocenters. The molecule has 1 rings (SSSR count). The molecular weight excluding hydrogens is 405 g/mol. The zero-order valence-electron chi connectivity index (χ0n) is 7.83. The first-order valence-corrected chi connectivity index (χ1v) is 3.98. The number of aliphatic hydroxyl groups excluding tert-OH is 3. The summed E-state index contributed by atoms with van der Waals surface area (Å²) in [5, 5.41) is 27.4. The van der Waals surface area contributed by atoms with Crippen LogP contribution in [0.2, 0.25) is 0 Å². The third-order valence-electron chi connectivity index (χ3n) is 2.11. The number of rotatable bonds is 2. The second-order valence-electron chi connectivity index (χ2n) is 2.97. The van der Waals surface area contributed by atoms with Crippen LogP contribution in [-0.4, -0.2) is 59.7 Å². The van der Waals surface area contributed by atoms with Crippen molar-refractivity contribution < 1.29 is 68.9 Å². The van der Waals surface area contributed by atoms with Crippen molar-refractivity contribution in [3.8, 4) is 0 Å². The monoisotopic (exact) mass is 419 g/mol. The Morgan fingerprint density at radius 1 is 1.36 bits per heavy atom. The van der Waals surface area contributed by atoms with Crippen LogP contribution in [0.5, 0.6) is 0 Å². The average molecular weight is 419 g/mol. The Hall–Kier alpha value is 1.20. The van der Waals surface area contributed by atoms with Crippen LogP contribution in [0.25, 0.3) is 5.73 Å².